The van der Waals surface area contributed by atoms with Crippen molar-refractivity contribution in [3.8, 4) is 0 Å². The first-order valence-corrected chi connectivity index (χ1v) is 6.83. The van der Waals surface area contributed by atoms with Crippen LogP contribution >= 0.6 is 11.3 Å². The Hall–Kier alpha value is -2.28. The molecule has 2 aromatic rings. The number of thiophene rings is 1. The summed E-state index contributed by atoms with van der Waals surface area (Å²) < 4.78 is 26.4. The van der Waals surface area contributed by atoms with Gasteiger partial charge in [0.05, 0.1) is 11.1 Å². The fourth-order valence-corrected chi connectivity index (χ4v) is 2.49. The third-order valence-electron chi connectivity index (χ3n) is 2.87. The number of halogens is 2. The molecule has 1 aromatic carbocycles. The minimum absolute atomic E-state index is 0.250. The van der Waals surface area contributed by atoms with Crippen LogP contribution in [-0.4, -0.2) is 28.9 Å². The van der Waals surface area contributed by atoms with Crippen molar-refractivity contribution in [1.29, 1.82) is 0 Å². The molecule has 1 aromatic heterocycles. The number of rotatable bonds is 4. The summed E-state index contributed by atoms with van der Waals surface area (Å²) in [5, 5.41) is 12.7. The monoisotopic (exact) mass is 311 g/mol. The fourth-order valence-electron chi connectivity index (χ4n) is 1.83. The smallest absolute Gasteiger partial charge is 0.336 e. The summed E-state index contributed by atoms with van der Waals surface area (Å²) in [6.07, 6.45) is 0. The predicted molar refractivity (Wildman–Crippen MR) is 73.4 cm³/mol. The molecule has 1 amide bonds. The number of carboxylic acids is 1. The number of hydrogen-bond donors (Lipinski definition) is 1. The minimum Gasteiger partial charge on any atom is -0.478 e. The average molecular weight is 311 g/mol. The molecular formula is C14H11F2NO3S. The van der Waals surface area contributed by atoms with E-state index in [0.717, 1.165) is 5.56 Å². The average Bonchev–Trinajstić information content (AvgIpc) is 2.93. The zero-order valence-electron chi connectivity index (χ0n) is 11.0. The van der Waals surface area contributed by atoms with Crippen molar-refractivity contribution in [2.24, 2.45) is 0 Å². The van der Waals surface area contributed by atoms with Gasteiger partial charge >= 0.3 is 5.97 Å². The summed E-state index contributed by atoms with van der Waals surface area (Å²) >= 11 is 1.46. The molecule has 0 aliphatic carbocycles. The van der Waals surface area contributed by atoms with Gasteiger partial charge in [-0.1, -0.05) is 0 Å². The lowest BCUT2D eigenvalue weighted by atomic mass is 10.1. The third kappa shape index (κ3) is 3.25. The van der Waals surface area contributed by atoms with Gasteiger partial charge in [-0.3, -0.25) is 4.79 Å². The maximum atomic E-state index is 13.3. The molecule has 0 aliphatic heterocycles. The highest BCUT2D eigenvalue weighted by atomic mass is 32.1. The van der Waals surface area contributed by atoms with Crippen molar-refractivity contribution in [1.82, 2.24) is 4.90 Å². The van der Waals surface area contributed by atoms with Crippen molar-refractivity contribution >= 4 is 23.2 Å². The molecule has 4 nitrogen and oxygen atoms in total. The molecule has 0 saturated heterocycles. The molecule has 0 unspecified atom stereocenters. The van der Waals surface area contributed by atoms with Crippen molar-refractivity contribution in [3.63, 3.8) is 0 Å². The molecule has 0 saturated carbocycles. The lowest BCUT2D eigenvalue weighted by Gasteiger charge is -2.18. The number of carboxylic acid groups (broad SMARTS) is 1. The molecule has 1 N–H and O–H groups in total. The first kappa shape index (κ1) is 15.1. The summed E-state index contributed by atoms with van der Waals surface area (Å²) in [7, 11) is 1.47. The molecule has 21 heavy (non-hydrogen) atoms. The van der Waals surface area contributed by atoms with Crippen molar-refractivity contribution in [2.45, 2.75) is 6.54 Å². The second-order valence-electron chi connectivity index (χ2n) is 4.41. The molecule has 0 atom stereocenters. The number of carbonyl (C=O) groups excluding carboxylic acids is 1. The SMILES string of the molecule is CN(Cc1ccsc1)C(=O)c1cc(F)c(F)cc1C(=O)O. The molecule has 0 fully saturated rings. The molecule has 0 bridgehead atoms. The Morgan fingerprint density at radius 2 is 1.86 bits per heavy atom. The molecule has 2 rings (SSSR count). The van der Waals surface area contributed by atoms with E-state index in [2.05, 4.69) is 0 Å². The zero-order valence-corrected chi connectivity index (χ0v) is 11.8. The van der Waals surface area contributed by atoms with Gasteiger partial charge in [0.15, 0.2) is 11.6 Å². The van der Waals surface area contributed by atoms with Crippen LogP contribution in [0.1, 0.15) is 26.3 Å². The van der Waals surface area contributed by atoms with Gasteiger partial charge in [0.1, 0.15) is 0 Å². The van der Waals surface area contributed by atoms with Gasteiger partial charge in [-0.05, 0) is 34.5 Å². The lowest BCUT2D eigenvalue weighted by molar-refractivity contribution is 0.0679. The van der Waals surface area contributed by atoms with Crippen LogP contribution in [0.3, 0.4) is 0 Å². The van der Waals surface area contributed by atoms with Gasteiger partial charge in [0.25, 0.3) is 5.91 Å². The highest BCUT2D eigenvalue weighted by Gasteiger charge is 2.23. The molecule has 0 aliphatic rings. The Bertz CT molecular complexity index is 686. The van der Waals surface area contributed by atoms with E-state index < -0.39 is 29.1 Å². The standard InChI is InChI=1S/C14H11F2NO3S/c1-17(6-8-2-3-21-7-8)13(18)9-4-11(15)12(16)5-10(9)14(19)20/h2-5,7H,6H2,1H3,(H,19,20). The molecule has 110 valence electrons. The summed E-state index contributed by atoms with van der Waals surface area (Å²) in [5.41, 5.74) is -0.0643. The normalized spacial score (nSPS) is 10.4. The summed E-state index contributed by atoms with van der Waals surface area (Å²) in [6, 6.07) is 2.95. The Morgan fingerprint density at radius 3 is 2.38 bits per heavy atom. The van der Waals surface area contributed by atoms with Crippen LogP contribution < -0.4 is 0 Å². The number of amides is 1. The molecule has 0 spiro atoms. The maximum Gasteiger partial charge on any atom is 0.336 e. The number of benzene rings is 1. The Morgan fingerprint density at radius 1 is 1.24 bits per heavy atom. The molecule has 1 heterocycles. The summed E-state index contributed by atoms with van der Waals surface area (Å²) in [4.78, 5) is 24.6. The zero-order chi connectivity index (χ0) is 15.6. The van der Waals surface area contributed by atoms with E-state index in [4.69, 9.17) is 5.11 Å². The van der Waals surface area contributed by atoms with E-state index in [0.29, 0.717) is 12.1 Å². The van der Waals surface area contributed by atoms with Crippen LogP contribution in [0.2, 0.25) is 0 Å². The summed E-state index contributed by atoms with van der Waals surface area (Å²) in [6.45, 7) is 0.250. The molecule has 0 radical (unpaired) electrons. The number of nitrogens with zero attached hydrogens (tertiary/aromatic N) is 1. The lowest BCUT2D eigenvalue weighted by Crippen LogP contribution is -2.28. The van der Waals surface area contributed by atoms with Gasteiger partial charge < -0.3 is 10.0 Å². The van der Waals surface area contributed by atoms with Crippen LogP contribution in [0.15, 0.2) is 29.0 Å². The molecule has 7 heteroatoms. The Balaban J connectivity index is 2.33. The fraction of sp³-hybridized carbons (Fsp3) is 0.143. The highest BCUT2D eigenvalue weighted by molar-refractivity contribution is 7.07. The first-order valence-electron chi connectivity index (χ1n) is 5.89. The van der Waals surface area contributed by atoms with E-state index in [9.17, 15) is 18.4 Å². The quantitative estimate of drug-likeness (QED) is 0.944. The Labute approximate surface area is 123 Å². The van der Waals surface area contributed by atoms with Crippen molar-refractivity contribution in [2.75, 3.05) is 7.05 Å². The molecular weight excluding hydrogens is 300 g/mol. The van der Waals surface area contributed by atoms with E-state index >= 15 is 0 Å². The van der Waals surface area contributed by atoms with E-state index in [-0.39, 0.29) is 12.1 Å². The topological polar surface area (TPSA) is 57.6 Å². The van der Waals surface area contributed by atoms with Gasteiger partial charge in [-0.15, -0.1) is 0 Å². The first-order chi connectivity index (χ1) is 9.90. The van der Waals surface area contributed by atoms with E-state index in [1.807, 2.05) is 16.8 Å². The number of aromatic carboxylic acids is 1. The second kappa shape index (κ2) is 6.01. The van der Waals surface area contributed by atoms with E-state index in [1.165, 1.54) is 23.3 Å². The second-order valence-corrected chi connectivity index (χ2v) is 5.19. The Kier molecular flexibility index (Phi) is 4.32. The van der Waals surface area contributed by atoms with Crippen LogP contribution in [0.25, 0.3) is 0 Å². The van der Waals surface area contributed by atoms with Gasteiger partial charge in [0.2, 0.25) is 0 Å². The van der Waals surface area contributed by atoms with Crippen molar-refractivity contribution in [3.05, 3.63) is 57.3 Å². The van der Waals surface area contributed by atoms with Crippen LogP contribution in [0.5, 0.6) is 0 Å². The largest absolute Gasteiger partial charge is 0.478 e. The third-order valence-corrected chi connectivity index (χ3v) is 3.60. The van der Waals surface area contributed by atoms with E-state index in [1.54, 1.807) is 0 Å². The van der Waals surface area contributed by atoms with Gasteiger partial charge in [-0.25, -0.2) is 13.6 Å². The van der Waals surface area contributed by atoms with Crippen LogP contribution in [0.4, 0.5) is 8.78 Å². The number of hydrogen-bond acceptors (Lipinski definition) is 3. The minimum atomic E-state index is -1.49. The van der Waals surface area contributed by atoms with Gasteiger partial charge in [0, 0.05) is 13.6 Å². The number of carbonyl (C=O) groups is 2. The predicted octanol–water partition coefficient (Wildman–Crippen LogP) is 3.00. The summed E-state index contributed by atoms with van der Waals surface area (Å²) in [5.74, 6) is -4.73. The van der Waals surface area contributed by atoms with Crippen LogP contribution in [-0.2, 0) is 6.54 Å². The highest BCUT2D eigenvalue weighted by Crippen LogP contribution is 2.18. The maximum absolute atomic E-state index is 13.3. The van der Waals surface area contributed by atoms with Crippen molar-refractivity contribution < 1.29 is 23.5 Å². The van der Waals surface area contributed by atoms with Gasteiger partial charge in [-0.2, -0.15) is 11.3 Å². The van der Waals surface area contributed by atoms with Crippen LogP contribution in [0, 0.1) is 11.6 Å².